The number of nitrogens with one attached hydrogen (secondary N) is 1. The first-order valence-electron chi connectivity index (χ1n) is 9.11. The number of rotatable bonds is 8. The van der Waals surface area contributed by atoms with Crippen molar-refractivity contribution in [3.05, 3.63) is 68.7 Å². The monoisotopic (exact) mass is 438 g/mol. The van der Waals surface area contributed by atoms with Crippen LogP contribution >= 0.6 is 11.8 Å². The fourth-order valence-corrected chi connectivity index (χ4v) is 4.73. The minimum Gasteiger partial charge on any atom is -0.480 e. The molecule has 0 bridgehead atoms. The molecule has 11 heteroatoms. The average Bonchev–Trinajstić information content (AvgIpc) is 3.47. The van der Waals surface area contributed by atoms with Gasteiger partial charge >= 0.3 is 11.7 Å². The molecule has 2 fully saturated rings. The zero-order valence-electron chi connectivity index (χ0n) is 15.8. The van der Waals surface area contributed by atoms with Gasteiger partial charge < -0.3 is 19.3 Å². The molecule has 0 amide bonds. The maximum atomic E-state index is 13.6. The molecule has 3 heterocycles. The van der Waals surface area contributed by atoms with Crippen LogP contribution in [0, 0.1) is 5.82 Å². The molecule has 2 aromatic rings. The van der Waals surface area contributed by atoms with Gasteiger partial charge in [0.15, 0.2) is 0 Å². The molecule has 9 nitrogen and oxygen atoms in total. The Bertz CT molecular complexity index is 1060. The van der Waals surface area contributed by atoms with Crippen LogP contribution < -0.4 is 11.2 Å². The quantitative estimate of drug-likeness (QED) is 0.579. The van der Waals surface area contributed by atoms with Crippen molar-refractivity contribution in [1.82, 2.24) is 9.55 Å². The van der Waals surface area contributed by atoms with Crippen molar-refractivity contribution in [2.45, 2.75) is 35.9 Å². The number of carbonyl (C=O) groups is 1. The second-order valence-corrected chi connectivity index (χ2v) is 8.16. The number of thioether (sulfide) groups is 1. The minimum atomic E-state index is -1.35. The highest BCUT2D eigenvalue weighted by Gasteiger charge is 2.67. The average molecular weight is 438 g/mol. The van der Waals surface area contributed by atoms with Crippen LogP contribution in [-0.4, -0.2) is 57.6 Å². The van der Waals surface area contributed by atoms with E-state index < -0.39 is 46.3 Å². The number of aliphatic carboxylic acids is 1. The Kier molecular flexibility index (Phi) is 5.53. The molecular weight excluding hydrogens is 419 g/mol. The Hall–Kier alpha value is -2.47. The van der Waals surface area contributed by atoms with Crippen LogP contribution in [0.1, 0.15) is 10.8 Å². The van der Waals surface area contributed by atoms with E-state index in [0.29, 0.717) is 11.3 Å². The van der Waals surface area contributed by atoms with Crippen LogP contribution in [0.25, 0.3) is 0 Å². The molecule has 4 rings (SSSR count). The van der Waals surface area contributed by atoms with Crippen LogP contribution in [0.5, 0.6) is 0 Å². The fraction of sp³-hybridized carbons (Fsp3) is 0.421. The largest absolute Gasteiger partial charge is 0.480 e. The second kappa shape index (κ2) is 7.99. The number of fused-ring (bicyclic) bond motifs is 1. The van der Waals surface area contributed by atoms with Gasteiger partial charge in [0, 0.05) is 12.9 Å². The lowest BCUT2D eigenvalue weighted by atomic mass is 10.1. The predicted octanol–water partition coefficient (Wildman–Crippen LogP) is 0.744. The summed E-state index contributed by atoms with van der Waals surface area (Å²) in [6, 6.07) is 8.84. The summed E-state index contributed by atoms with van der Waals surface area (Å²) in [6.07, 6.45) is -0.504. The predicted molar refractivity (Wildman–Crippen MR) is 104 cm³/mol. The van der Waals surface area contributed by atoms with Crippen LogP contribution in [0.15, 0.2) is 46.1 Å². The van der Waals surface area contributed by atoms with E-state index in [4.69, 9.17) is 14.2 Å². The first kappa shape index (κ1) is 20.8. The summed E-state index contributed by atoms with van der Waals surface area (Å²) < 4.78 is 31.7. The molecule has 0 spiro atoms. The third-order valence-corrected chi connectivity index (χ3v) is 6.46. The Morgan fingerprint density at radius 2 is 2.13 bits per heavy atom. The SMILES string of the molecule is CO[C@@]1(Cn2cc(F)c(=O)[nH]c2=O)O[C@H](CSC(C(=O)O)c2ccccc2)[C@@H]2O[C@@H]21. The van der Waals surface area contributed by atoms with Gasteiger partial charge in [-0.1, -0.05) is 30.3 Å². The van der Waals surface area contributed by atoms with E-state index in [0.717, 1.165) is 10.8 Å². The number of aromatic nitrogens is 2. The Morgan fingerprint density at radius 1 is 1.40 bits per heavy atom. The van der Waals surface area contributed by atoms with Gasteiger partial charge in [0.1, 0.15) is 17.5 Å². The van der Waals surface area contributed by atoms with Crippen molar-refractivity contribution in [3.63, 3.8) is 0 Å². The number of methoxy groups -OCH3 is 1. The Labute approximate surface area is 173 Å². The summed E-state index contributed by atoms with van der Waals surface area (Å²) in [5.41, 5.74) is -1.24. The molecule has 30 heavy (non-hydrogen) atoms. The molecule has 160 valence electrons. The molecule has 0 saturated carbocycles. The molecule has 0 radical (unpaired) electrons. The molecule has 2 N–H and O–H groups in total. The highest BCUT2D eigenvalue weighted by atomic mass is 32.2. The molecule has 2 saturated heterocycles. The molecule has 2 aliphatic heterocycles. The summed E-state index contributed by atoms with van der Waals surface area (Å²) in [5, 5.41) is 8.80. The van der Waals surface area contributed by atoms with E-state index in [1.807, 2.05) is 11.1 Å². The Morgan fingerprint density at radius 3 is 2.80 bits per heavy atom. The van der Waals surface area contributed by atoms with Crippen LogP contribution in [0.2, 0.25) is 0 Å². The third-order valence-electron chi connectivity index (χ3n) is 5.13. The number of H-pyrrole nitrogens is 1. The molecule has 1 aromatic carbocycles. The maximum absolute atomic E-state index is 13.6. The van der Waals surface area contributed by atoms with Gasteiger partial charge in [0.25, 0.3) is 5.56 Å². The summed E-state index contributed by atoms with van der Waals surface area (Å²) in [7, 11) is 1.38. The number of nitrogens with zero attached hydrogens (tertiary/aromatic N) is 1. The van der Waals surface area contributed by atoms with Crippen LogP contribution in [0.4, 0.5) is 4.39 Å². The van der Waals surface area contributed by atoms with Gasteiger partial charge in [0.2, 0.25) is 11.6 Å². The summed E-state index contributed by atoms with van der Waals surface area (Å²) in [4.78, 5) is 36.8. The normalized spacial score (nSPS) is 28.1. The van der Waals surface area contributed by atoms with Gasteiger partial charge in [0.05, 0.1) is 18.8 Å². The minimum absolute atomic E-state index is 0.195. The van der Waals surface area contributed by atoms with Crippen molar-refractivity contribution >= 4 is 17.7 Å². The number of hydrogen-bond donors (Lipinski definition) is 2. The van der Waals surface area contributed by atoms with Crippen molar-refractivity contribution in [1.29, 1.82) is 0 Å². The van der Waals surface area contributed by atoms with Crippen molar-refractivity contribution in [2.75, 3.05) is 12.9 Å². The van der Waals surface area contributed by atoms with Gasteiger partial charge in [-0.3, -0.25) is 19.1 Å². The van der Waals surface area contributed by atoms with E-state index >= 15 is 0 Å². The van der Waals surface area contributed by atoms with E-state index in [-0.39, 0.29) is 12.6 Å². The maximum Gasteiger partial charge on any atom is 0.328 e. The van der Waals surface area contributed by atoms with Crippen molar-refractivity contribution in [2.24, 2.45) is 0 Å². The number of benzene rings is 1. The van der Waals surface area contributed by atoms with Crippen molar-refractivity contribution in [3.8, 4) is 0 Å². The van der Waals surface area contributed by atoms with Gasteiger partial charge in [-0.2, -0.15) is 4.39 Å². The highest BCUT2D eigenvalue weighted by Crippen LogP contribution is 2.49. The van der Waals surface area contributed by atoms with E-state index in [1.54, 1.807) is 24.3 Å². The molecule has 1 unspecified atom stereocenters. The highest BCUT2D eigenvalue weighted by molar-refractivity contribution is 8.00. The first-order valence-corrected chi connectivity index (χ1v) is 10.2. The zero-order chi connectivity index (χ0) is 21.5. The zero-order valence-corrected chi connectivity index (χ0v) is 16.6. The first-order chi connectivity index (χ1) is 14.3. The number of halogens is 1. The Balaban J connectivity index is 1.48. The van der Waals surface area contributed by atoms with Crippen LogP contribution in [0.3, 0.4) is 0 Å². The lowest BCUT2D eigenvalue weighted by Gasteiger charge is -2.30. The second-order valence-electron chi connectivity index (χ2n) is 7.02. The summed E-state index contributed by atoms with van der Waals surface area (Å²) >= 11 is 1.20. The smallest absolute Gasteiger partial charge is 0.328 e. The van der Waals surface area contributed by atoms with E-state index in [1.165, 1.54) is 18.9 Å². The lowest BCUT2D eigenvalue weighted by Crippen LogP contribution is -2.47. The van der Waals surface area contributed by atoms with Gasteiger partial charge in [-0.05, 0) is 5.56 Å². The molecule has 0 aliphatic carbocycles. The van der Waals surface area contributed by atoms with Gasteiger partial charge in [-0.25, -0.2) is 4.79 Å². The molecule has 5 atom stereocenters. The van der Waals surface area contributed by atoms with E-state index in [9.17, 15) is 23.9 Å². The number of epoxide rings is 1. The van der Waals surface area contributed by atoms with Crippen LogP contribution in [-0.2, 0) is 25.5 Å². The number of carboxylic acid groups (broad SMARTS) is 1. The lowest BCUT2D eigenvalue weighted by molar-refractivity contribution is -0.250. The summed E-state index contributed by atoms with van der Waals surface area (Å²) in [6.45, 7) is -0.195. The van der Waals surface area contributed by atoms with Crippen molar-refractivity contribution < 1.29 is 28.5 Å². The molecule has 1 aromatic heterocycles. The summed E-state index contributed by atoms with van der Waals surface area (Å²) in [5.74, 6) is -3.11. The topological polar surface area (TPSA) is 123 Å². The number of carboxylic acids is 1. The van der Waals surface area contributed by atoms with E-state index in [2.05, 4.69) is 0 Å². The molecular formula is C19H19FN2O7S. The number of ether oxygens (including phenoxy) is 3. The number of aromatic amines is 1. The standard InChI is InChI=1S/C19H19FN2O7S/c1-27-19(9-22-7-11(20)16(23)21-18(22)26)15-13(28-15)12(29-19)8-30-14(17(24)25)10-5-3-2-4-6-10/h2-7,12-15H,8-9H2,1H3,(H,24,25)(H,21,23,26)/t12-,13+,14?,15+,19+/m1/s1. The fourth-order valence-electron chi connectivity index (χ4n) is 3.60. The third kappa shape index (κ3) is 3.81. The molecule has 2 aliphatic rings. The number of hydrogen-bond acceptors (Lipinski definition) is 7. The van der Waals surface area contributed by atoms with Gasteiger partial charge in [-0.15, -0.1) is 11.8 Å².